The summed E-state index contributed by atoms with van der Waals surface area (Å²) in [4.78, 5) is 15.9. The second-order valence-corrected chi connectivity index (χ2v) is 9.45. The minimum absolute atomic E-state index is 0.0529. The van der Waals surface area contributed by atoms with Crippen molar-refractivity contribution in [1.29, 1.82) is 0 Å². The molecule has 1 aliphatic rings. The molecule has 2 heterocycles. The molecule has 0 spiro atoms. The summed E-state index contributed by atoms with van der Waals surface area (Å²) in [6.07, 6.45) is 1.74. The van der Waals surface area contributed by atoms with Crippen LogP contribution in [0.25, 0.3) is 0 Å². The smallest absolute Gasteiger partial charge is 0.329 e. The number of nitrogens with zero attached hydrogens (tertiary/aromatic N) is 3. The van der Waals surface area contributed by atoms with E-state index in [0.29, 0.717) is 38.2 Å². The molecule has 2 N–H and O–H groups in total. The first kappa shape index (κ1) is 18.7. The second kappa shape index (κ2) is 7.06. The Bertz CT molecular complexity index is 672. The lowest BCUT2D eigenvalue weighted by Gasteiger charge is -2.35. The Labute approximate surface area is 142 Å². The van der Waals surface area contributed by atoms with Crippen LogP contribution in [0.5, 0.6) is 0 Å². The zero-order valence-corrected chi connectivity index (χ0v) is 15.3. The molecule has 1 aliphatic heterocycles. The molecule has 9 nitrogen and oxygen atoms in total. The number of urea groups is 1. The van der Waals surface area contributed by atoms with Gasteiger partial charge in [0.05, 0.1) is 4.75 Å². The quantitative estimate of drug-likeness (QED) is 0.838. The van der Waals surface area contributed by atoms with Crippen molar-refractivity contribution in [2.24, 2.45) is 0 Å². The first-order valence-corrected chi connectivity index (χ1v) is 9.47. The Kier molecular flexibility index (Phi) is 5.49. The minimum Gasteiger partial charge on any atom is -0.335 e. The lowest BCUT2D eigenvalue weighted by Crippen LogP contribution is -2.51. The van der Waals surface area contributed by atoms with Crippen LogP contribution in [0.15, 0.2) is 4.52 Å². The highest BCUT2D eigenvalue weighted by Crippen LogP contribution is 2.24. The molecule has 1 aromatic rings. The van der Waals surface area contributed by atoms with E-state index in [2.05, 4.69) is 20.8 Å². The van der Waals surface area contributed by atoms with Crippen molar-refractivity contribution < 1.29 is 17.7 Å². The van der Waals surface area contributed by atoms with Crippen molar-refractivity contribution in [3.8, 4) is 0 Å². The maximum absolute atomic E-state index is 12.4. The van der Waals surface area contributed by atoms with Crippen molar-refractivity contribution in [1.82, 2.24) is 19.8 Å². The van der Waals surface area contributed by atoms with E-state index in [1.165, 1.54) is 4.31 Å². The fourth-order valence-corrected chi connectivity index (χ4v) is 3.86. The normalized spacial score (nSPS) is 17.7. The molecule has 0 aromatic carbocycles. The van der Waals surface area contributed by atoms with Gasteiger partial charge in [-0.05, 0) is 33.6 Å². The molecule has 0 bridgehead atoms. The van der Waals surface area contributed by atoms with Crippen LogP contribution in [0.4, 0.5) is 10.8 Å². The fourth-order valence-electron chi connectivity index (χ4n) is 2.39. The summed E-state index contributed by atoms with van der Waals surface area (Å²) in [7, 11) is -3.33. The number of hydrogen-bond donors (Lipinski definition) is 2. The SMILES string of the molecule is CCc1noc(NC(=O)NC2CCN(S(=O)(=O)C(C)(C)C)CC2)n1. The Morgan fingerprint density at radius 2 is 1.96 bits per heavy atom. The van der Waals surface area contributed by atoms with Gasteiger partial charge in [0, 0.05) is 25.6 Å². The van der Waals surface area contributed by atoms with Crippen molar-refractivity contribution in [2.45, 2.75) is 57.7 Å². The van der Waals surface area contributed by atoms with Crippen molar-refractivity contribution >= 4 is 22.1 Å². The van der Waals surface area contributed by atoms with Crippen LogP contribution in [0.1, 0.15) is 46.4 Å². The lowest BCUT2D eigenvalue weighted by molar-refractivity contribution is 0.237. The van der Waals surface area contributed by atoms with Crippen LogP contribution >= 0.6 is 0 Å². The Morgan fingerprint density at radius 3 is 2.46 bits per heavy atom. The van der Waals surface area contributed by atoms with Gasteiger partial charge in [0.1, 0.15) is 0 Å². The molecule has 0 radical (unpaired) electrons. The summed E-state index contributed by atoms with van der Waals surface area (Å²) in [5, 5.41) is 8.99. The lowest BCUT2D eigenvalue weighted by atomic mass is 10.1. The third-order valence-corrected chi connectivity index (χ3v) is 6.50. The second-order valence-electron chi connectivity index (χ2n) is 6.76. The molecule has 136 valence electrons. The van der Waals surface area contributed by atoms with Crippen LogP contribution in [-0.4, -0.2) is 52.8 Å². The third kappa shape index (κ3) is 4.23. The largest absolute Gasteiger partial charge is 0.335 e. The highest BCUT2D eigenvalue weighted by atomic mass is 32.2. The summed E-state index contributed by atoms with van der Waals surface area (Å²) in [6, 6.07) is -0.472. The molecule has 0 aliphatic carbocycles. The molecule has 2 rings (SSSR count). The molecular formula is C14H25N5O4S. The maximum Gasteiger partial charge on any atom is 0.329 e. The number of piperidine rings is 1. The van der Waals surface area contributed by atoms with Gasteiger partial charge in [-0.15, -0.1) is 0 Å². The van der Waals surface area contributed by atoms with Crippen LogP contribution in [0, 0.1) is 0 Å². The van der Waals surface area contributed by atoms with Gasteiger partial charge in [0.2, 0.25) is 10.0 Å². The zero-order valence-electron chi connectivity index (χ0n) is 14.5. The number of anilines is 1. The number of carbonyl (C=O) groups is 1. The molecule has 2 amide bonds. The summed E-state index contributed by atoms with van der Waals surface area (Å²) >= 11 is 0. The highest BCUT2D eigenvalue weighted by Gasteiger charge is 2.37. The summed E-state index contributed by atoms with van der Waals surface area (Å²) in [5.41, 5.74) is 0. The molecule has 1 fully saturated rings. The van der Waals surface area contributed by atoms with E-state index >= 15 is 0 Å². The van der Waals surface area contributed by atoms with Gasteiger partial charge in [0.15, 0.2) is 5.82 Å². The predicted molar refractivity (Wildman–Crippen MR) is 89.1 cm³/mol. The van der Waals surface area contributed by atoms with Crippen LogP contribution in [0.2, 0.25) is 0 Å². The minimum atomic E-state index is -3.33. The van der Waals surface area contributed by atoms with Gasteiger partial charge < -0.3 is 9.84 Å². The molecule has 0 saturated carbocycles. The van der Waals surface area contributed by atoms with E-state index < -0.39 is 20.8 Å². The average molecular weight is 359 g/mol. The number of nitrogens with one attached hydrogen (secondary N) is 2. The molecule has 0 atom stereocenters. The number of rotatable bonds is 4. The molecular weight excluding hydrogens is 334 g/mol. The van der Waals surface area contributed by atoms with Crippen molar-refractivity contribution in [3.05, 3.63) is 5.82 Å². The van der Waals surface area contributed by atoms with E-state index in [1.54, 1.807) is 20.8 Å². The number of aromatic nitrogens is 2. The molecule has 0 unspecified atom stereocenters. The van der Waals surface area contributed by atoms with Gasteiger partial charge in [0.25, 0.3) is 0 Å². The van der Waals surface area contributed by atoms with Gasteiger partial charge in [-0.2, -0.15) is 4.98 Å². The molecule has 1 saturated heterocycles. The predicted octanol–water partition coefficient (Wildman–Crippen LogP) is 1.35. The molecule has 10 heteroatoms. The Hall–Kier alpha value is -1.68. The first-order chi connectivity index (χ1) is 11.1. The molecule has 24 heavy (non-hydrogen) atoms. The number of aryl methyl sites for hydroxylation is 1. The number of hydrogen-bond acceptors (Lipinski definition) is 6. The van der Waals surface area contributed by atoms with E-state index in [-0.39, 0.29) is 12.1 Å². The number of carbonyl (C=O) groups excluding carboxylic acids is 1. The van der Waals surface area contributed by atoms with Gasteiger partial charge in [-0.3, -0.25) is 5.32 Å². The summed E-state index contributed by atoms with van der Waals surface area (Å²) in [6.45, 7) is 7.74. The Balaban J connectivity index is 1.83. The van der Waals surface area contributed by atoms with Crippen molar-refractivity contribution in [3.63, 3.8) is 0 Å². The average Bonchev–Trinajstić information content (AvgIpc) is 2.94. The van der Waals surface area contributed by atoms with E-state index in [0.717, 1.165) is 0 Å². The number of sulfonamides is 1. The topological polar surface area (TPSA) is 117 Å². The van der Waals surface area contributed by atoms with Gasteiger partial charge in [-0.1, -0.05) is 12.1 Å². The van der Waals surface area contributed by atoms with E-state index in [4.69, 9.17) is 4.52 Å². The van der Waals surface area contributed by atoms with Crippen LogP contribution in [-0.2, 0) is 16.4 Å². The number of amides is 2. The zero-order chi connectivity index (χ0) is 18.0. The van der Waals surface area contributed by atoms with E-state index in [1.807, 2.05) is 6.92 Å². The monoisotopic (exact) mass is 359 g/mol. The third-order valence-electron chi connectivity index (χ3n) is 3.91. The van der Waals surface area contributed by atoms with Crippen LogP contribution < -0.4 is 10.6 Å². The summed E-state index contributed by atoms with van der Waals surface area (Å²) in [5.74, 6) is 0.519. The Morgan fingerprint density at radius 1 is 1.33 bits per heavy atom. The first-order valence-electron chi connectivity index (χ1n) is 8.03. The van der Waals surface area contributed by atoms with Crippen molar-refractivity contribution in [2.75, 3.05) is 18.4 Å². The summed E-state index contributed by atoms with van der Waals surface area (Å²) < 4.78 is 30.4. The maximum atomic E-state index is 12.4. The standard InChI is InChI=1S/C14H25N5O4S/c1-5-11-16-13(23-18-11)17-12(20)15-10-6-8-19(9-7-10)24(21,22)14(2,3)4/h10H,5-9H2,1-4H3,(H2,15,16,17,18,20). The van der Waals surface area contributed by atoms with Gasteiger partial charge in [-0.25, -0.2) is 17.5 Å². The van der Waals surface area contributed by atoms with Gasteiger partial charge >= 0.3 is 12.0 Å². The van der Waals surface area contributed by atoms with E-state index in [9.17, 15) is 13.2 Å². The highest BCUT2D eigenvalue weighted by molar-refractivity contribution is 7.90. The molecule has 1 aromatic heterocycles. The fraction of sp³-hybridized carbons (Fsp3) is 0.786. The van der Waals surface area contributed by atoms with Crippen LogP contribution in [0.3, 0.4) is 0 Å².